The number of hydrogen-bond donors (Lipinski definition) is 0. The van der Waals surface area contributed by atoms with Crippen LogP contribution in [0.15, 0.2) is 53.1 Å². The molecule has 1 amide bonds. The molecule has 1 aliphatic heterocycles. The molecule has 156 valence electrons. The van der Waals surface area contributed by atoms with Crippen molar-refractivity contribution in [3.05, 3.63) is 71.1 Å². The van der Waals surface area contributed by atoms with Crippen molar-refractivity contribution >= 4 is 5.91 Å². The van der Waals surface area contributed by atoms with Crippen LogP contribution in [-0.2, 0) is 5.41 Å². The maximum atomic E-state index is 13.1. The van der Waals surface area contributed by atoms with Gasteiger partial charge in [0.05, 0.1) is 5.92 Å². The van der Waals surface area contributed by atoms with Crippen molar-refractivity contribution in [3.8, 4) is 11.4 Å². The second-order valence-electron chi connectivity index (χ2n) is 9.24. The molecule has 5 nitrogen and oxygen atoms in total. The lowest BCUT2D eigenvalue weighted by molar-refractivity contribution is 0.0695. The maximum Gasteiger partial charge on any atom is 0.253 e. The summed E-state index contributed by atoms with van der Waals surface area (Å²) in [4.78, 5) is 19.6. The van der Waals surface area contributed by atoms with Gasteiger partial charge in [-0.3, -0.25) is 4.79 Å². The van der Waals surface area contributed by atoms with Gasteiger partial charge in [-0.2, -0.15) is 4.98 Å². The summed E-state index contributed by atoms with van der Waals surface area (Å²) in [6.07, 6.45) is 1.88. The minimum Gasteiger partial charge on any atom is -0.339 e. The summed E-state index contributed by atoms with van der Waals surface area (Å²) in [5.41, 5.74) is 4.17. The Bertz CT molecular complexity index is 1010. The summed E-state index contributed by atoms with van der Waals surface area (Å²) < 4.78 is 5.58. The van der Waals surface area contributed by atoms with Crippen LogP contribution in [0.3, 0.4) is 0 Å². The Labute approximate surface area is 178 Å². The van der Waals surface area contributed by atoms with Crippen molar-refractivity contribution in [2.24, 2.45) is 0 Å². The number of amides is 1. The molecule has 5 heteroatoms. The topological polar surface area (TPSA) is 59.2 Å². The molecule has 2 heterocycles. The van der Waals surface area contributed by atoms with Crippen molar-refractivity contribution in [3.63, 3.8) is 0 Å². The zero-order chi connectivity index (χ0) is 21.3. The first-order valence-corrected chi connectivity index (χ1v) is 10.6. The molecule has 0 saturated carbocycles. The third-order valence-electron chi connectivity index (χ3n) is 5.81. The fourth-order valence-electron chi connectivity index (χ4n) is 3.88. The van der Waals surface area contributed by atoms with Crippen LogP contribution < -0.4 is 0 Å². The second kappa shape index (κ2) is 8.05. The van der Waals surface area contributed by atoms with Crippen LogP contribution in [0.4, 0.5) is 0 Å². The van der Waals surface area contributed by atoms with Crippen molar-refractivity contribution in [1.29, 1.82) is 0 Å². The molecule has 0 radical (unpaired) electrons. The SMILES string of the molecule is Cc1ccc(-c2noc(C3CCCN(C(=O)c4ccc(C(C)(C)C)cc4)C3)n2)cc1. The van der Waals surface area contributed by atoms with Crippen molar-refractivity contribution in [1.82, 2.24) is 15.0 Å². The number of benzene rings is 2. The number of carbonyl (C=O) groups excluding carboxylic acids is 1. The van der Waals surface area contributed by atoms with Gasteiger partial charge in [-0.25, -0.2) is 0 Å². The van der Waals surface area contributed by atoms with E-state index in [0.717, 1.165) is 30.5 Å². The first kappa shape index (κ1) is 20.3. The zero-order valence-corrected chi connectivity index (χ0v) is 18.2. The molecule has 0 N–H and O–H groups in total. The minimum absolute atomic E-state index is 0.0680. The first-order valence-electron chi connectivity index (χ1n) is 10.6. The molecule has 3 aromatic rings. The van der Waals surface area contributed by atoms with Crippen molar-refractivity contribution in [2.75, 3.05) is 13.1 Å². The van der Waals surface area contributed by atoms with E-state index in [-0.39, 0.29) is 17.2 Å². The van der Waals surface area contributed by atoms with E-state index in [2.05, 4.69) is 50.0 Å². The van der Waals surface area contributed by atoms with Crippen molar-refractivity contribution in [2.45, 2.75) is 51.9 Å². The molecule has 4 rings (SSSR count). The van der Waals surface area contributed by atoms with E-state index in [1.807, 2.05) is 41.3 Å². The number of aryl methyl sites for hydroxylation is 1. The number of piperidine rings is 1. The number of rotatable bonds is 3. The highest BCUT2D eigenvalue weighted by Crippen LogP contribution is 2.29. The predicted octanol–water partition coefficient (Wildman–Crippen LogP) is 5.36. The summed E-state index contributed by atoms with van der Waals surface area (Å²) in [6.45, 7) is 9.94. The standard InChI is InChI=1S/C25H29N3O2/c1-17-7-9-18(10-8-17)22-26-23(30-27-22)20-6-5-15-28(16-20)24(29)19-11-13-21(14-12-19)25(2,3)4/h7-14,20H,5-6,15-16H2,1-4H3. The first-order chi connectivity index (χ1) is 14.3. The average Bonchev–Trinajstić information content (AvgIpc) is 3.24. The maximum absolute atomic E-state index is 13.1. The van der Waals surface area contributed by atoms with E-state index in [0.29, 0.717) is 18.3 Å². The molecule has 0 aliphatic carbocycles. The molecule has 1 aromatic heterocycles. The van der Waals surface area contributed by atoms with Crippen molar-refractivity contribution < 1.29 is 9.32 Å². The molecule has 1 atom stereocenters. The van der Waals surface area contributed by atoms with Crippen LogP contribution in [0, 0.1) is 6.92 Å². The summed E-state index contributed by atoms with van der Waals surface area (Å²) in [5, 5.41) is 4.16. The third-order valence-corrected chi connectivity index (χ3v) is 5.81. The summed E-state index contributed by atoms with van der Waals surface area (Å²) in [5.74, 6) is 1.36. The van der Waals surface area contributed by atoms with Gasteiger partial charge in [-0.1, -0.05) is 67.9 Å². The van der Waals surface area contributed by atoms with Crippen LogP contribution in [0.1, 0.15) is 66.9 Å². The molecule has 1 saturated heterocycles. The average molecular weight is 404 g/mol. The number of aromatic nitrogens is 2. The monoisotopic (exact) mass is 403 g/mol. The molecule has 1 aliphatic rings. The Kier molecular flexibility index (Phi) is 5.46. The number of carbonyl (C=O) groups is 1. The minimum atomic E-state index is 0.0680. The molecular weight excluding hydrogens is 374 g/mol. The zero-order valence-electron chi connectivity index (χ0n) is 18.2. The molecule has 1 unspecified atom stereocenters. The van der Waals surface area contributed by atoms with Gasteiger partial charge < -0.3 is 9.42 Å². The van der Waals surface area contributed by atoms with E-state index in [4.69, 9.17) is 4.52 Å². The van der Waals surface area contributed by atoms with Gasteiger partial charge in [0.1, 0.15) is 0 Å². The smallest absolute Gasteiger partial charge is 0.253 e. The van der Waals surface area contributed by atoms with Crippen LogP contribution in [0.25, 0.3) is 11.4 Å². The van der Waals surface area contributed by atoms with Gasteiger partial charge in [0.15, 0.2) is 0 Å². The van der Waals surface area contributed by atoms with Crippen LogP contribution >= 0.6 is 0 Å². The largest absolute Gasteiger partial charge is 0.339 e. The van der Waals surface area contributed by atoms with E-state index < -0.39 is 0 Å². The highest BCUT2D eigenvalue weighted by molar-refractivity contribution is 5.94. The fourth-order valence-corrected chi connectivity index (χ4v) is 3.88. The molecule has 0 spiro atoms. The molecular formula is C25H29N3O2. The van der Waals surface area contributed by atoms with Gasteiger partial charge >= 0.3 is 0 Å². The molecule has 0 bridgehead atoms. The van der Waals surface area contributed by atoms with Gasteiger partial charge in [0, 0.05) is 24.2 Å². The van der Waals surface area contributed by atoms with E-state index >= 15 is 0 Å². The number of likely N-dealkylation sites (tertiary alicyclic amines) is 1. The molecule has 1 fully saturated rings. The van der Waals surface area contributed by atoms with Gasteiger partial charge in [0.25, 0.3) is 5.91 Å². The Morgan fingerprint density at radius 3 is 2.43 bits per heavy atom. The van der Waals surface area contributed by atoms with E-state index in [1.165, 1.54) is 11.1 Å². The van der Waals surface area contributed by atoms with E-state index in [1.54, 1.807) is 0 Å². The summed E-state index contributed by atoms with van der Waals surface area (Å²) in [7, 11) is 0. The Balaban J connectivity index is 1.47. The molecule has 30 heavy (non-hydrogen) atoms. The lowest BCUT2D eigenvalue weighted by Crippen LogP contribution is -2.39. The second-order valence-corrected chi connectivity index (χ2v) is 9.24. The summed E-state index contributed by atoms with van der Waals surface area (Å²) >= 11 is 0. The molecule has 2 aromatic carbocycles. The number of nitrogens with zero attached hydrogens (tertiary/aromatic N) is 3. The van der Waals surface area contributed by atoms with Crippen LogP contribution in [0.5, 0.6) is 0 Å². The van der Waals surface area contributed by atoms with Gasteiger partial charge in [-0.05, 0) is 42.9 Å². The third kappa shape index (κ3) is 4.30. The quantitative estimate of drug-likeness (QED) is 0.590. The predicted molar refractivity (Wildman–Crippen MR) is 117 cm³/mol. The van der Waals surface area contributed by atoms with Crippen LogP contribution in [0.2, 0.25) is 0 Å². The van der Waals surface area contributed by atoms with E-state index in [9.17, 15) is 4.79 Å². The Hall–Kier alpha value is -2.95. The summed E-state index contributed by atoms with van der Waals surface area (Å²) in [6, 6.07) is 16.1. The lowest BCUT2D eigenvalue weighted by atomic mass is 9.86. The Morgan fingerprint density at radius 1 is 1.07 bits per heavy atom. The van der Waals surface area contributed by atoms with Crippen LogP contribution in [-0.4, -0.2) is 34.0 Å². The van der Waals surface area contributed by atoms with Gasteiger partial charge in [0.2, 0.25) is 11.7 Å². The van der Waals surface area contributed by atoms with Gasteiger partial charge in [-0.15, -0.1) is 0 Å². The lowest BCUT2D eigenvalue weighted by Gasteiger charge is -2.31. The Morgan fingerprint density at radius 2 is 1.77 bits per heavy atom. The number of hydrogen-bond acceptors (Lipinski definition) is 4. The normalized spacial score (nSPS) is 17.2. The highest BCUT2D eigenvalue weighted by Gasteiger charge is 2.29. The highest BCUT2D eigenvalue weighted by atomic mass is 16.5. The fraction of sp³-hybridized carbons (Fsp3) is 0.400.